The molecule has 2 aromatic rings. The Kier molecular flexibility index (Phi) is 6.35. The lowest BCUT2D eigenvalue weighted by atomic mass is 10.1. The van der Waals surface area contributed by atoms with Crippen molar-refractivity contribution >= 4 is 34.7 Å². The van der Waals surface area contributed by atoms with Crippen molar-refractivity contribution < 1.29 is 24.9 Å². The number of fused-ring (bicyclic) bond motifs is 1. The van der Waals surface area contributed by atoms with Crippen molar-refractivity contribution in [1.29, 1.82) is 0 Å². The van der Waals surface area contributed by atoms with Gasteiger partial charge in [0.15, 0.2) is 17.7 Å². The number of carboxylic acids is 1. The van der Waals surface area contributed by atoms with Crippen LogP contribution in [0.5, 0.6) is 0 Å². The second kappa shape index (κ2) is 8.57. The standard InChI is InChI=1S/C16H24N6O5S/c1-21(8(16(25)26)3-4-28-2)5-9-11(23)12(24)15(27-9)22-7-20-10-13(17)18-6-19-14(10)22/h6-9,11-12,15,23-24H,3-5H2,1-2H3,(H,25,26)(H2,17,18,19)/t8-,9+,11+,12+,15+/m0/s1/i1+2. The molecule has 1 aliphatic rings. The number of aromatic nitrogens is 4. The van der Waals surface area contributed by atoms with Crippen LogP contribution in [0.15, 0.2) is 12.7 Å². The van der Waals surface area contributed by atoms with E-state index in [0.717, 1.165) is 0 Å². The van der Waals surface area contributed by atoms with Crippen LogP contribution in [0.2, 0.25) is 0 Å². The minimum absolute atomic E-state index is 0.143. The monoisotopic (exact) mass is 414 g/mol. The molecule has 2 aromatic heterocycles. The molecule has 0 unspecified atom stereocenters. The van der Waals surface area contributed by atoms with Gasteiger partial charge in [-0.2, -0.15) is 11.8 Å². The van der Waals surface area contributed by atoms with Gasteiger partial charge >= 0.3 is 5.97 Å². The predicted octanol–water partition coefficient (Wildman–Crippen LogP) is -0.834. The molecule has 0 radical (unpaired) electrons. The average molecular weight is 414 g/mol. The molecule has 0 saturated carbocycles. The van der Waals surface area contributed by atoms with Crippen LogP contribution in [0.25, 0.3) is 11.2 Å². The van der Waals surface area contributed by atoms with Gasteiger partial charge in [-0.15, -0.1) is 0 Å². The van der Waals surface area contributed by atoms with Gasteiger partial charge in [0.1, 0.15) is 36.2 Å². The number of nitrogens with zero attached hydrogens (tertiary/aromatic N) is 5. The third-order valence-electron chi connectivity index (χ3n) is 4.88. The number of nitrogen functional groups attached to an aromatic ring is 1. The first-order valence-corrected chi connectivity index (χ1v) is 10.1. The topological polar surface area (TPSA) is 160 Å². The summed E-state index contributed by atoms with van der Waals surface area (Å²) in [4.78, 5) is 25.3. The lowest BCUT2D eigenvalue weighted by Gasteiger charge is -2.28. The van der Waals surface area contributed by atoms with Crippen LogP contribution in [-0.2, 0) is 9.53 Å². The Labute approximate surface area is 165 Å². The molecule has 11 nitrogen and oxygen atoms in total. The molecule has 12 heteroatoms. The summed E-state index contributed by atoms with van der Waals surface area (Å²) >= 11 is 1.57. The highest BCUT2D eigenvalue weighted by molar-refractivity contribution is 7.98. The summed E-state index contributed by atoms with van der Waals surface area (Å²) in [5.74, 6) is -0.0388. The van der Waals surface area contributed by atoms with E-state index >= 15 is 0 Å². The highest BCUT2D eigenvalue weighted by atomic mass is 32.2. The number of aliphatic hydroxyl groups excluding tert-OH is 2. The molecule has 5 N–H and O–H groups in total. The Balaban J connectivity index is 1.76. The SMILES string of the molecule is CSCC[C@@H](C(=O)O)N([14CH3])C[C@H]1O[C@@H](n2cnc3c(N)ncnc32)[C@H](O)[C@@H]1O. The molecule has 0 bridgehead atoms. The molecule has 1 fully saturated rings. The molecule has 154 valence electrons. The molecule has 1 aliphatic heterocycles. The van der Waals surface area contributed by atoms with Gasteiger partial charge in [-0.3, -0.25) is 14.3 Å². The number of hydrogen-bond acceptors (Lipinski definition) is 10. The van der Waals surface area contributed by atoms with Gasteiger partial charge in [-0.1, -0.05) is 0 Å². The first-order chi connectivity index (χ1) is 13.3. The first-order valence-electron chi connectivity index (χ1n) is 8.71. The zero-order chi connectivity index (χ0) is 20.4. The Morgan fingerprint density at radius 2 is 2.18 bits per heavy atom. The summed E-state index contributed by atoms with van der Waals surface area (Å²) in [6.07, 6.45) is 0.934. The predicted molar refractivity (Wildman–Crippen MR) is 103 cm³/mol. The number of aliphatic carboxylic acids is 1. The number of rotatable bonds is 8. The van der Waals surface area contributed by atoms with E-state index in [1.54, 1.807) is 23.7 Å². The number of carbonyl (C=O) groups is 1. The van der Waals surface area contributed by atoms with Gasteiger partial charge in [0.2, 0.25) is 0 Å². The van der Waals surface area contributed by atoms with Crippen LogP contribution in [0.4, 0.5) is 5.82 Å². The van der Waals surface area contributed by atoms with E-state index in [2.05, 4.69) is 15.0 Å². The molecule has 0 aliphatic carbocycles. The molecular formula is C16H24N6O5S. The molecule has 3 rings (SSSR count). The summed E-state index contributed by atoms with van der Waals surface area (Å²) < 4.78 is 7.36. The Morgan fingerprint density at radius 1 is 1.43 bits per heavy atom. The minimum atomic E-state index is -1.23. The van der Waals surface area contributed by atoms with Crippen molar-refractivity contribution in [2.24, 2.45) is 0 Å². The highest BCUT2D eigenvalue weighted by Gasteiger charge is 2.45. The smallest absolute Gasteiger partial charge is 0.320 e. The minimum Gasteiger partial charge on any atom is -0.480 e. The lowest BCUT2D eigenvalue weighted by Crippen LogP contribution is -2.46. The summed E-state index contributed by atoms with van der Waals surface area (Å²) in [7, 11) is 1.66. The maximum atomic E-state index is 11.6. The van der Waals surface area contributed by atoms with Gasteiger partial charge in [0, 0.05) is 6.54 Å². The van der Waals surface area contributed by atoms with Crippen LogP contribution >= 0.6 is 11.8 Å². The second-order valence-corrected chi connectivity index (χ2v) is 7.69. The molecule has 5 atom stereocenters. The maximum Gasteiger partial charge on any atom is 0.320 e. The van der Waals surface area contributed by atoms with E-state index in [9.17, 15) is 20.1 Å². The van der Waals surface area contributed by atoms with Crippen molar-refractivity contribution in [3.63, 3.8) is 0 Å². The summed E-state index contributed by atoms with van der Waals surface area (Å²) in [6.45, 7) is 0.143. The van der Waals surface area contributed by atoms with Crippen LogP contribution in [0, 0.1) is 0 Å². The zero-order valence-corrected chi connectivity index (χ0v) is 16.4. The van der Waals surface area contributed by atoms with E-state index in [4.69, 9.17) is 10.5 Å². The van der Waals surface area contributed by atoms with E-state index < -0.39 is 36.6 Å². The number of likely N-dealkylation sites (N-methyl/N-ethyl adjacent to an activating group) is 1. The molecular weight excluding hydrogens is 390 g/mol. The maximum absolute atomic E-state index is 11.6. The third kappa shape index (κ3) is 3.91. The van der Waals surface area contributed by atoms with Crippen molar-refractivity contribution in [3.05, 3.63) is 12.7 Å². The third-order valence-corrected chi connectivity index (χ3v) is 5.52. The molecule has 0 amide bonds. The van der Waals surface area contributed by atoms with E-state index in [1.807, 2.05) is 6.26 Å². The summed E-state index contributed by atoms with van der Waals surface area (Å²) in [6, 6.07) is -0.707. The van der Waals surface area contributed by atoms with Gasteiger partial charge in [0.25, 0.3) is 0 Å². The Morgan fingerprint density at radius 3 is 2.86 bits per heavy atom. The second-order valence-electron chi connectivity index (χ2n) is 6.70. The van der Waals surface area contributed by atoms with Gasteiger partial charge in [0.05, 0.1) is 6.33 Å². The van der Waals surface area contributed by atoms with Crippen LogP contribution in [0.1, 0.15) is 12.6 Å². The van der Waals surface area contributed by atoms with Crippen LogP contribution in [-0.4, -0.2) is 95.7 Å². The lowest BCUT2D eigenvalue weighted by molar-refractivity contribution is -0.143. The normalized spacial score (nSPS) is 26.2. The van der Waals surface area contributed by atoms with Gasteiger partial charge < -0.3 is 25.8 Å². The summed E-state index contributed by atoms with van der Waals surface area (Å²) in [5, 5.41) is 30.4. The number of hydrogen-bond donors (Lipinski definition) is 4. The van der Waals surface area contributed by atoms with E-state index in [-0.39, 0.29) is 12.4 Å². The van der Waals surface area contributed by atoms with Gasteiger partial charge in [-0.05, 0) is 25.5 Å². The molecule has 0 aromatic carbocycles. The van der Waals surface area contributed by atoms with E-state index in [1.165, 1.54) is 17.2 Å². The van der Waals surface area contributed by atoms with Crippen molar-refractivity contribution in [2.45, 2.75) is 37.0 Å². The number of anilines is 1. The van der Waals surface area contributed by atoms with Crippen LogP contribution < -0.4 is 5.73 Å². The average Bonchev–Trinajstić information content (AvgIpc) is 3.19. The van der Waals surface area contributed by atoms with Crippen molar-refractivity contribution in [2.75, 3.05) is 31.3 Å². The molecule has 0 spiro atoms. The number of aliphatic hydroxyl groups is 2. The quantitative estimate of drug-likeness (QED) is 0.427. The number of thioether (sulfide) groups is 1. The number of imidazole rings is 1. The fourth-order valence-electron chi connectivity index (χ4n) is 3.34. The fraction of sp³-hybridized carbons (Fsp3) is 0.625. The van der Waals surface area contributed by atoms with Crippen molar-refractivity contribution in [3.8, 4) is 0 Å². The highest BCUT2D eigenvalue weighted by Crippen LogP contribution is 2.32. The van der Waals surface area contributed by atoms with E-state index in [0.29, 0.717) is 23.3 Å². The Hall–Kier alpha value is -1.99. The molecule has 3 heterocycles. The number of nitrogens with two attached hydrogens (primary N) is 1. The van der Waals surface area contributed by atoms with Crippen LogP contribution in [0.3, 0.4) is 0 Å². The van der Waals surface area contributed by atoms with Crippen molar-refractivity contribution in [1.82, 2.24) is 24.4 Å². The fourth-order valence-corrected chi connectivity index (χ4v) is 3.80. The largest absolute Gasteiger partial charge is 0.480 e. The van der Waals surface area contributed by atoms with Gasteiger partial charge in [-0.25, -0.2) is 15.0 Å². The number of ether oxygens (including phenoxy) is 1. The first kappa shape index (κ1) is 20.7. The summed E-state index contributed by atoms with van der Waals surface area (Å²) in [5.41, 5.74) is 6.53. The zero-order valence-electron chi connectivity index (χ0n) is 15.5. The Bertz CT molecular complexity index is 835. The number of carboxylic acid groups (broad SMARTS) is 1. The molecule has 28 heavy (non-hydrogen) atoms. The molecule has 1 saturated heterocycles.